The van der Waals surface area contributed by atoms with Gasteiger partial charge in [-0.1, -0.05) is 42.5 Å². The lowest BCUT2D eigenvalue weighted by Crippen LogP contribution is -2.12. The van der Waals surface area contributed by atoms with Crippen molar-refractivity contribution in [3.63, 3.8) is 0 Å². The van der Waals surface area contributed by atoms with E-state index in [0.29, 0.717) is 12.4 Å². The molecule has 3 N–H and O–H groups in total. The molecular weight excluding hydrogens is 380 g/mol. The molecule has 0 amide bonds. The lowest BCUT2D eigenvalue weighted by atomic mass is 10.2. The Morgan fingerprint density at radius 3 is 2.59 bits per heavy atom. The molecule has 2 aromatic carbocycles. The lowest BCUT2D eigenvalue weighted by Gasteiger charge is -2.07. The fourth-order valence-corrected chi connectivity index (χ4v) is 4.35. The van der Waals surface area contributed by atoms with Gasteiger partial charge in [-0.25, -0.2) is 23.5 Å². The van der Waals surface area contributed by atoms with E-state index in [0.717, 1.165) is 26.2 Å². The summed E-state index contributed by atoms with van der Waals surface area (Å²) in [6, 6.07) is 18.7. The molecule has 0 saturated heterocycles. The summed E-state index contributed by atoms with van der Waals surface area (Å²) in [5.74, 6) is 0.708. The lowest BCUT2D eigenvalue weighted by molar-refractivity contribution is 0.597. The zero-order valence-electron chi connectivity index (χ0n) is 14.2. The minimum Gasteiger partial charge on any atom is -0.365 e. The van der Waals surface area contributed by atoms with Crippen LogP contribution in [0, 0.1) is 0 Å². The summed E-state index contributed by atoms with van der Waals surface area (Å²) < 4.78 is 23.0. The van der Waals surface area contributed by atoms with Crippen molar-refractivity contribution in [3.05, 3.63) is 72.6 Å². The van der Waals surface area contributed by atoms with Gasteiger partial charge in [-0.3, -0.25) is 0 Å². The average Bonchev–Trinajstić information content (AvgIpc) is 3.11. The molecule has 6 nitrogen and oxygen atoms in total. The maximum atomic E-state index is 11.5. The summed E-state index contributed by atoms with van der Waals surface area (Å²) >= 11 is 1.61. The number of rotatable bonds is 5. The number of nitrogens with two attached hydrogens (primary N) is 1. The molecule has 0 saturated carbocycles. The molecule has 2 aromatic heterocycles. The van der Waals surface area contributed by atoms with E-state index in [9.17, 15) is 8.42 Å². The summed E-state index contributed by atoms with van der Waals surface area (Å²) in [6.07, 6.45) is 1.52. The van der Waals surface area contributed by atoms with Crippen LogP contribution in [0.4, 0.5) is 5.82 Å². The number of aromatic nitrogens is 2. The van der Waals surface area contributed by atoms with Gasteiger partial charge >= 0.3 is 0 Å². The molecule has 8 heteroatoms. The van der Waals surface area contributed by atoms with Crippen LogP contribution in [-0.2, 0) is 16.6 Å². The molecule has 0 aliphatic rings. The molecule has 0 unspecified atom stereocenters. The van der Waals surface area contributed by atoms with E-state index in [1.54, 1.807) is 23.5 Å². The Balaban J connectivity index is 1.62. The van der Waals surface area contributed by atoms with Crippen LogP contribution in [0.25, 0.3) is 20.7 Å². The third-order valence-corrected chi connectivity index (χ3v) is 6.08. The fraction of sp³-hybridized carbons (Fsp3) is 0.0526. The summed E-state index contributed by atoms with van der Waals surface area (Å²) in [5.41, 5.74) is 1.93. The molecule has 0 aliphatic heterocycles. The second kappa shape index (κ2) is 7.07. The number of hydrogen-bond acceptors (Lipinski definition) is 6. The molecule has 0 bridgehead atoms. The van der Waals surface area contributed by atoms with Crippen LogP contribution in [0.1, 0.15) is 5.56 Å². The molecule has 4 rings (SSSR count). The highest BCUT2D eigenvalue weighted by Gasteiger charge is 2.11. The molecule has 0 spiro atoms. The van der Waals surface area contributed by atoms with Gasteiger partial charge in [-0.05, 0) is 29.3 Å². The number of benzene rings is 2. The fourth-order valence-electron chi connectivity index (χ4n) is 2.76. The number of primary sulfonamides is 1. The highest BCUT2D eigenvalue weighted by molar-refractivity contribution is 7.89. The quantitative estimate of drug-likeness (QED) is 0.537. The molecule has 0 aliphatic carbocycles. The molecule has 0 fully saturated rings. The van der Waals surface area contributed by atoms with Gasteiger partial charge in [0.1, 0.15) is 17.0 Å². The number of anilines is 1. The molecule has 0 atom stereocenters. The van der Waals surface area contributed by atoms with Crippen LogP contribution in [0.2, 0.25) is 0 Å². The molecule has 4 aromatic rings. The first kappa shape index (κ1) is 17.6. The minimum atomic E-state index is -3.72. The summed E-state index contributed by atoms with van der Waals surface area (Å²) in [5, 5.41) is 9.40. The van der Waals surface area contributed by atoms with E-state index in [1.165, 1.54) is 12.4 Å². The van der Waals surface area contributed by atoms with Crippen molar-refractivity contribution in [1.29, 1.82) is 0 Å². The number of nitrogens with one attached hydrogen (secondary N) is 1. The van der Waals surface area contributed by atoms with Gasteiger partial charge in [0.15, 0.2) is 0 Å². The normalized spacial score (nSPS) is 11.6. The van der Waals surface area contributed by atoms with Crippen molar-refractivity contribution in [3.8, 4) is 10.4 Å². The molecule has 136 valence electrons. The number of fused-ring (bicyclic) bond motifs is 1. The van der Waals surface area contributed by atoms with Crippen LogP contribution in [0.5, 0.6) is 0 Å². The minimum absolute atomic E-state index is 0.0940. The maximum absolute atomic E-state index is 11.5. The van der Waals surface area contributed by atoms with Gasteiger partial charge in [-0.15, -0.1) is 11.3 Å². The van der Waals surface area contributed by atoms with E-state index < -0.39 is 10.0 Å². The second-order valence-corrected chi connectivity index (χ2v) is 8.56. The molecule has 2 heterocycles. The Hall–Kier alpha value is -2.81. The zero-order chi connectivity index (χ0) is 18.9. The van der Waals surface area contributed by atoms with E-state index in [1.807, 2.05) is 24.3 Å². The Kier molecular flexibility index (Phi) is 4.61. The van der Waals surface area contributed by atoms with Crippen LogP contribution >= 0.6 is 11.3 Å². The van der Waals surface area contributed by atoms with Gasteiger partial charge < -0.3 is 5.32 Å². The van der Waals surface area contributed by atoms with E-state index in [4.69, 9.17) is 5.14 Å². The number of sulfonamides is 1. The Morgan fingerprint density at radius 2 is 1.81 bits per heavy atom. The van der Waals surface area contributed by atoms with Gasteiger partial charge in [0.25, 0.3) is 0 Å². The maximum Gasteiger partial charge on any atom is 0.238 e. The number of hydrogen-bond donors (Lipinski definition) is 2. The van der Waals surface area contributed by atoms with Gasteiger partial charge in [-0.2, -0.15) is 0 Å². The smallest absolute Gasteiger partial charge is 0.238 e. The topological polar surface area (TPSA) is 98.0 Å². The predicted molar refractivity (Wildman–Crippen MR) is 108 cm³/mol. The summed E-state index contributed by atoms with van der Waals surface area (Å²) in [6.45, 7) is 0.423. The summed E-state index contributed by atoms with van der Waals surface area (Å²) in [7, 11) is -3.72. The van der Waals surface area contributed by atoms with Crippen molar-refractivity contribution >= 4 is 37.4 Å². The highest BCUT2D eigenvalue weighted by atomic mass is 32.2. The van der Waals surface area contributed by atoms with Crippen LogP contribution in [-0.4, -0.2) is 18.4 Å². The van der Waals surface area contributed by atoms with E-state index >= 15 is 0 Å². The highest BCUT2D eigenvalue weighted by Crippen LogP contribution is 2.34. The Bertz CT molecular complexity index is 1200. The third-order valence-electron chi connectivity index (χ3n) is 4.07. The number of thiophene rings is 1. The predicted octanol–water partition coefficient (Wildman–Crippen LogP) is 3.62. The second-order valence-electron chi connectivity index (χ2n) is 5.96. The Labute approximate surface area is 160 Å². The van der Waals surface area contributed by atoms with Crippen LogP contribution in [0.3, 0.4) is 0 Å². The van der Waals surface area contributed by atoms with Crippen LogP contribution < -0.4 is 10.5 Å². The van der Waals surface area contributed by atoms with Gasteiger partial charge in [0.2, 0.25) is 10.0 Å². The first-order chi connectivity index (χ1) is 13.0. The van der Waals surface area contributed by atoms with Crippen molar-refractivity contribution in [2.75, 3.05) is 5.32 Å². The van der Waals surface area contributed by atoms with Crippen molar-refractivity contribution < 1.29 is 8.42 Å². The average molecular weight is 396 g/mol. The molecule has 0 radical (unpaired) electrons. The van der Waals surface area contributed by atoms with Gasteiger partial charge in [0, 0.05) is 11.4 Å². The van der Waals surface area contributed by atoms with E-state index in [-0.39, 0.29) is 4.90 Å². The zero-order valence-corrected chi connectivity index (χ0v) is 15.8. The first-order valence-electron chi connectivity index (χ1n) is 8.16. The van der Waals surface area contributed by atoms with Crippen molar-refractivity contribution in [1.82, 2.24) is 9.97 Å². The number of nitrogens with zero attached hydrogens (tertiary/aromatic N) is 2. The third kappa shape index (κ3) is 3.82. The largest absolute Gasteiger partial charge is 0.365 e. The Morgan fingerprint density at radius 1 is 1.00 bits per heavy atom. The first-order valence-corrected chi connectivity index (χ1v) is 10.5. The standard InChI is InChI=1S/C19H16N4O2S2/c20-27(24,25)15-8-4-5-13(9-15)11-21-18-16-10-17(14-6-2-1-3-7-14)26-19(16)23-12-22-18/h1-10,12H,11H2,(H2,20,24,25)(H,21,22,23). The van der Waals surface area contributed by atoms with E-state index in [2.05, 4.69) is 33.5 Å². The van der Waals surface area contributed by atoms with Crippen molar-refractivity contribution in [2.24, 2.45) is 5.14 Å². The van der Waals surface area contributed by atoms with Crippen LogP contribution in [0.15, 0.2) is 71.9 Å². The SMILES string of the molecule is NS(=O)(=O)c1cccc(CNc2ncnc3sc(-c4ccccc4)cc23)c1. The molecule has 27 heavy (non-hydrogen) atoms. The monoisotopic (exact) mass is 396 g/mol. The molecular formula is C19H16N4O2S2. The van der Waals surface area contributed by atoms with Crippen molar-refractivity contribution in [2.45, 2.75) is 11.4 Å². The summed E-state index contributed by atoms with van der Waals surface area (Å²) in [4.78, 5) is 10.8. The van der Waals surface area contributed by atoms with Gasteiger partial charge in [0.05, 0.1) is 10.3 Å².